The second-order valence-corrected chi connectivity index (χ2v) is 6.88. The van der Waals surface area contributed by atoms with Gasteiger partial charge in [0.15, 0.2) is 0 Å². The summed E-state index contributed by atoms with van der Waals surface area (Å²) in [4.78, 5) is 14.7. The minimum Gasteiger partial charge on any atom is -0.352 e. The molecule has 2 rings (SSSR count). The lowest BCUT2D eigenvalue weighted by atomic mass is 10.2. The summed E-state index contributed by atoms with van der Waals surface area (Å²) >= 11 is 3.48. The second-order valence-electron chi connectivity index (χ2n) is 4.83. The van der Waals surface area contributed by atoms with Crippen LogP contribution in [0.3, 0.4) is 0 Å². The van der Waals surface area contributed by atoms with Gasteiger partial charge in [0, 0.05) is 22.1 Å². The van der Waals surface area contributed by atoms with Crippen molar-refractivity contribution in [1.29, 1.82) is 0 Å². The van der Waals surface area contributed by atoms with Crippen molar-refractivity contribution in [3.63, 3.8) is 0 Å². The lowest BCUT2D eigenvalue weighted by Crippen LogP contribution is -2.24. The molecule has 0 saturated carbocycles. The number of rotatable bonds is 8. The van der Waals surface area contributed by atoms with E-state index in [1.807, 2.05) is 24.3 Å². The van der Waals surface area contributed by atoms with Gasteiger partial charge in [0.25, 0.3) is 5.91 Å². The first-order valence-electron chi connectivity index (χ1n) is 7.33. The molecule has 0 saturated heterocycles. The quantitative estimate of drug-likeness (QED) is 0.550. The highest BCUT2D eigenvalue weighted by Gasteiger charge is 2.10. The number of hydrogen-bond donors (Lipinski definition) is 1. The van der Waals surface area contributed by atoms with Crippen LogP contribution >= 0.6 is 23.1 Å². The summed E-state index contributed by atoms with van der Waals surface area (Å²) in [6.45, 7) is 2.93. The lowest BCUT2D eigenvalue weighted by molar-refractivity contribution is 0.0950. The SMILES string of the molecule is CCCCCNC(=O)c1ccccc1SCc1cccs1. The maximum atomic E-state index is 12.3. The third-order valence-electron chi connectivity index (χ3n) is 3.15. The average molecular weight is 319 g/mol. The molecule has 112 valence electrons. The minimum atomic E-state index is 0.0420. The Bertz CT molecular complexity index is 552. The van der Waals surface area contributed by atoms with E-state index < -0.39 is 0 Å². The van der Waals surface area contributed by atoms with Crippen molar-refractivity contribution in [3.8, 4) is 0 Å². The number of amides is 1. The van der Waals surface area contributed by atoms with Gasteiger partial charge in [-0.2, -0.15) is 0 Å². The van der Waals surface area contributed by atoms with Crippen LogP contribution in [0.2, 0.25) is 0 Å². The Kier molecular flexibility index (Phi) is 6.83. The van der Waals surface area contributed by atoms with Gasteiger partial charge in [-0.1, -0.05) is 38.0 Å². The first-order valence-corrected chi connectivity index (χ1v) is 9.20. The summed E-state index contributed by atoms with van der Waals surface area (Å²) in [6.07, 6.45) is 3.38. The maximum Gasteiger partial charge on any atom is 0.252 e. The highest BCUT2D eigenvalue weighted by Crippen LogP contribution is 2.27. The zero-order valence-corrected chi connectivity index (χ0v) is 13.9. The van der Waals surface area contributed by atoms with Crippen molar-refractivity contribution >= 4 is 29.0 Å². The van der Waals surface area contributed by atoms with Crippen LogP contribution in [0.1, 0.15) is 41.4 Å². The van der Waals surface area contributed by atoms with E-state index >= 15 is 0 Å². The summed E-state index contributed by atoms with van der Waals surface area (Å²) in [5.74, 6) is 0.956. The molecular formula is C17H21NOS2. The molecule has 0 unspecified atom stereocenters. The van der Waals surface area contributed by atoms with Crippen molar-refractivity contribution < 1.29 is 4.79 Å². The Morgan fingerprint density at radius 3 is 2.81 bits per heavy atom. The molecule has 1 aromatic heterocycles. The highest BCUT2D eigenvalue weighted by atomic mass is 32.2. The van der Waals surface area contributed by atoms with Crippen LogP contribution in [0.4, 0.5) is 0 Å². The highest BCUT2D eigenvalue weighted by molar-refractivity contribution is 7.98. The number of carbonyl (C=O) groups is 1. The Morgan fingerprint density at radius 1 is 1.19 bits per heavy atom. The van der Waals surface area contributed by atoms with Gasteiger partial charge in [0.1, 0.15) is 0 Å². The van der Waals surface area contributed by atoms with Crippen LogP contribution in [0.25, 0.3) is 0 Å². The summed E-state index contributed by atoms with van der Waals surface area (Å²) < 4.78 is 0. The third-order valence-corrected chi connectivity index (χ3v) is 5.33. The van der Waals surface area contributed by atoms with E-state index in [2.05, 4.69) is 29.8 Å². The Balaban J connectivity index is 1.94. The van der Waals surface area contributed by atoms with E-state index in [1.54, 1.807) is 23.1 Å². The lowest BCUT2D eigenvalue weighted by Gasteiger charge is -2.09. The van der Waals surface area contributed by atoms with Gasteiger partial charge in [-0.25, -0.2) is 0 Å². The molecule has 0 fully saturated rings. The summed E-state index contributed by atoms with van der Waals surface area (Å²) in [6, 6.07) is 12.0. The van der Waals surface area contributed by atoms with Crippen LogP contribution in [0, 0.1) is 0 Å². The number of thiophene rings is 1. The molecule has 0 aliphatic carbocycles. The molecule has 1 N–H and O–H groups in total. The van der Waals surface area contributed by atoms with Gasteiger partial charge in [-0.15, -0.1) is 23.1 Å². The fourth-order valence-corrected chi connectivity index (χ4v) is 3.82. The number of thioether (sulfide) groups is 1. The van der Waals surface area contributed by atoms with E-state index in [1.165, 1.54) is 11.3 Å². The number of unbranched alkanes of at least 4 members (excludes halogenated alkanes) is 2. The molecular weight excluding hydrogens is 298 g/mol. The summed E-state index contributed by atoms with van der Waals surface area (Å²) in [5, 5.41) is 5.10. The molecule has 21 heavy (non-hydrogen) atoms. The van der Waals surface area contributed by atoms with Crippen molar-refractivity contribution in [2.45, 2.75) is 36.8 Å². The van der Waals surface area contributed by atoms with Crippen LogP contribution in [0.15, 0.2) is 46.7 Å². The zero-order valence-electron chi connectivity index (χ0n) is 12.3. The first kappa shape index (κ1) is 16.1. The Morgan fingerprint density at radius 2 is 2.05 bits per heavy atom. The molecule has 0 aliphatic rings. The van der Waals surface area contributed by atoms with E-state index in [9.17, 15) is 4.79 Å². The zero-order chi connectivity index (χ0) is 14.9. The molecule has 2 aromatic rings. The predicted molar refractivity (Wildman–Crippen MR) is 92.2 cm³/mol. The average Bonchev–Trinajstić information content (AvgIpc) is 3.03. The fraction of sp³-hybridized carbons (Fsp3) is 0.353. The Labute approximate surface area is 135 Å². The third kappa shape index (κ3) is 5.21. The molecule has 0 atom stereocenters. The van der Waals surface area contributed by atoms with E-state index in [-0.39, 0.29) is 5.91 Å². The molecule has 0 radical (unpaired) electrons. The molecule has 0 aliphatic heterocycles. The minimum absolute atomic E-state index is 0.0420. The predicted octanol–water partition coefficient (Wildman–Crippen LogP) is 4.96. The normalized spacial score (nSPS) is 10.5. The largest absolute Gasteiger partial charge is 0.352 e. The number of nitrogens with one attached hydrogen (secondary N) is 1. The fourth-order valence-electron chi connectivity index (χ4n) is 2.00. The second kappa shape index (κ2) is 8.90. The van der Waals surface area contributed by atoms with Gasteiger partial charge < -0.3 is 5.32 Å². The number of benzene rings is 1. The van der Waals surface area contributed by atoms with Gasteiger partial charge in [0.2, 0.25) is 0 Å². The van der Waals surface area contributed by atoms with Gasteiger partial charge >= 0.3 is 0 Å². The molecule has 1 amide bonds. The summed E-state index contributed by atoms with van der Waals surface area (Å²) in [5.41, 5.74) is 0.788. The van der Waals surface area contributed by atoms with Crippen molar-refractivity contribution in [2.24, 2.45) is 0 Å². The monoisotopic (exact) mass is 319 g/mol. The van der Waals surface area contributed by atoms with E-state index in [0.717, 1.165) is 35.6 Å². The Hall–Kier alpha value is -1.26. The van der Waals surface area contributed by atoms with E-state index in [0.29, 0.717) is 0 Å². The van der Waals surface area contributed by atoms with Gasteiger partial charge in [-0.05, 0) is 30.0 Å². The number of hydrogen-bond acceptors (Lipinski definition) is 3. The van der Waals surface area contributed by atoms with Crippen LogP contribution in [-0.2, 0) is 5.75 Å². The van der Waals surface area contributed by atoms with Crippen LogP contribution in [0.5, 0.6) is 0 Å². The van der Waals surface area contributed by atoms with Crippen molar-refractivity contribution in [1.82, 2.24) is 5.32 Å². The molecule has 2 nitrogen and oxygen atoms in total. The smallest absolute Gasteiger partial charge is 0.252 e. The molecule has 1 aromatic carbocycles. The summed E-state index contributed by atoms with van der Waals surface area (Å²) in [7, 11) is 0. The molecule has 1 heterocycles. The van der Waals surface area contributed by atoms with E-state index in [4.69, 9.17) is 0 Å². The standard InChI is InChI=1S/C17H21NOS2/c1-2-3-6-11-18-17(19)15-9-4-5-10-16(15)21-13-14-8-7-12-20-14/h4-5,7-10,12H,2-3,6,11,13H2,1H3,(H,18,19). The van der Waals surface area contributed by atoms with Crippen molar-refractivity contribution in [2.75, 3.05) is 6.54 Å². The molecule has 0 spiro atoms. The molecule has 4 heteroatoms. The van der Waals surface area contributed by atoms with Gasteiger partial charge in [-0.3, -0.25) is 4.79 Å². The first-order chi connectivity index (χ1) is 10.3. The van der Waals surface area contributed by atoms with Crippen LogP contribution < -0.4 is 5.32 Å². The van der Waals surface area contributed by atoms with Gasteiger partial charge in [0.05, 0.1) is 5.56 Å². The number of carbonyl (C=O) groups excluding carboxylic acids is 1. The topological polar surface area (TPSA) is 29.1 Å². The maximum absolute atomic E-state index is 12.3. The van der Waals surface area contributed by atoms with Crippen molar-refractivity contribution in [3.05, 3.63) is 52.2 Å². The van der Waals surface area contributed by atoms with Crippen LogP contribution in [-0.4, -0.2) is 12.5 Å². The molecule has 0 bridgehead atoms.